The Morgan fingerprint density at radius 3 is 2.68 bits per heavy atom. The number of aromatic nitrogens is 3. The van der Waals surface area contributed by atoms with Crippen LogP contribution < -0.4 is 5.32 Å². The number of fused-ring (bicyclic) bond motifs is 2. The van der Waals surface area contributed by atoms with Crippen molar-refractivity contribution in [1.29, 1.82) is 0 Å². The number of amides is 1. The second kappa shape index (κ2) is 8.47. The number of rotatable bonds is 5. The van der Waals surface area contributed by atoms with Crippen molar-refractivity contribution >= 4 is 27.8 Å². The minimum atomic E-state index is -0.217. The van der Waals surface area contributed by atoms with Gasteiger partial charge >= 0.3 is 0 Å². The van der Waals surface area contributed by atoms with Crippen molar-refractivity contribution in [2.45, 2.75) is 50.6 Å². The van der Waals surface area contributed by atoms with Crippen LogP contribution in [0.5, 0.6) is 0 Å². The van der Waals surface area contributed by atoms with E-state index in [1.54, 1.807) is 12.1 Å². The zero-order valence-electron chi connectivity index (χ0n) is 19.2. The second-order valence-corrected chi connectivity index (χ2v) is 9.65. The first kappa shape index (κ1) is 21.2. The maximum absolute atomic E-state index is 13.9. The summed E-state index contributed by atoms with van der Waals surface area (Å²) in [5.41, 5.74) is 4.49. The fraction of sp³-hybridized carbons (Fsp3) is 0.370. The molecule has 0 bridgehead atoms. The van der Waals surface area contributed by atoms with E-state index in [0.29, 0.717) is 17.5 Å². The number of aromatic amines is 1. The standard InChI is InChI=1S/C27H28FN5O/c1-16(26-31-24-6-2-18(14-25(24)32-26)27(34)30-20-4-5-20)33-12-9-17(10-13-33)21-8-11-29-23-7-3-19(28)15-22(21)23/h2-3,6-8,11,14-17,20H,4-5,9-10,12-13H2,1H3,(H,30,34)(H,31,32)/t16-/m1/s1. The Labute approximate surface area is 197 Å². The number of nitrogens with one attached hydrogen (secondary N) is 2. The summed E-state index contributed by atoms with van der Waals surface area (Å²) in [5, 5.41) is 3.97. The largest absolute Gasteiger partial charge is 0.349 e. The molecule has 2 aliphatic rings. The second-order valence-electron chi connectivity index (χ2n) is 9.65. The van der Waals surface area contributed by atoms with Gasteiger partial charge in [0.15, 0.2) is 0 Å². The van der Waals surface area contributed by atoms with Crippen molar-refractivity contribution in [3.8, 4) is 0 Å². The molecule has 0 radical (unpaired) electrons. The Morgan fingerprint density at radius 1 is 1.09 bits per heavy atom. The Hall–Kier alpha value is -3.32. The van der Waals surface area contributed by atoms with E-state index in [4.69, 9.17) is 4.98 Å². The summed E-state index contributed by atoms with van der Waals surface area (Å²) in [6.07, 6.45) is 5.99. The molecule has 7 heteroatoms. The topological polar surface area (TPSA) is 73.9 Å². The zero-order chi connectivity index (χ0) is 23.2. The number of benzene rings is 2. The molecule has 6 rings (SSSR count). The monoisotopic (exact) mass is 457 g/mol. The molecule has 1 saturated carbocycles. The van der Waals surface area contributed by atoms with Crippen molar-refractivity contribution in [3.05, 3.63) is 71.4 Å². The molecule has 2 aromatic carbocycles. The van der Waals surface area contributed by atoms with E-state index in [1.165, 1.54) is 11.6 Å². The Bertz CT molecular complexity index is 1370. The van der Waals surface area contributed by atoms with Crippen molar-refractivity contribution in [1.82, 2.24) is 25.2 Å². The van der Waals surface area contributed by atoms with E-state index < -0.39 is 0 Å². The maximum Gasteiger partial charge on any atom is 0.251 e. The Morgan fingerprint density at radius 2 is 1.88 bits per heavy atom. The van der Waals surface area contributed by atoms with Crippen LogP contribution in [0.1, 0.15) is 66.3 Å². The third kappa shape index (κ3) is 4.05. The molecule has 0 unspecified atom stereocenters. The van der Waals surface area contributed by atoms with Crippen LogP contribution in [0.15, 0.2) is 48.7 Å². The van der Waals surface area contributed by atoms with Crippen LogP contribution >= 0.6 is 0 Å². The van der Waals surface area contributed by atoms with Crippen molar-refractivity contribution in [3.63, 3.8) is 0 Å². The highest BCUT2D eigenvalue weighted by Crippen LogP contribution is 2.35. The van der Waals surface area contributed by atoms with E-state index in [2.05, 4.69) is 27.1 Å². The van der Waals surface area contributed by atoms with Gasteiger partial charge in [0, 0.05) is 23.2 Å². The minimum Gasteiger partial charge on any atom is -0.349 e. The Balaban J connectivity index is 1.16. The van der Waals surface area contributed by atoms with Gasteiger partial charge in [-0.2, -0.15) is 0 Å². The first-order valence-electron chi connectivity index (χ1n) is 12.1. The highest BCUT2D eigenvalue weighted by atomic mass is 19.1. The molecular formula is C27H28FN5O. The summed E-state index contributed by atoms with van der Waals surface area (Å²) < 4.78 is 13.9. The third-order valence-corrected chi connectivity index (χ3v) is 7.33. The van der Waals surface area contributed by atoms with Crippen LogP contribution in [0.4, 0.5) is 4.39 Å². The number of halogens is 1. The number of carbonyl (C=O) groups excluding carboxylic acids is 1. The van der Waals surface area contributed by atoms with Crippen LogP contribution in [-0.2, 0) is 0 Å². The van der Waals surface area contributed by atoms with Gasteiger partial charge in [0.1, 0.15) is 11.6 Å². The lowest BCUT2D eigenvalue weighted by Crippen LogP contribution is -2.35. The normalized spacial score (nSPS) is 18.4. The zero-order valence-corrected chi connectivity index (χ0v) is 19.2. The van der Waals surface area contributed by atoms with E-state index >= 15 is 0 Å². The summed E-state index contributed by atoms with van der Waals surface area (Å²) in [6, 6.07) is 13.0. The van der Waals surface area contributed by atoms with E-state index in [0.717, 1.165) is 66.5 Å². The predicted molar refractivity (Wildman–Crippen MR) is 130 cm³/mol. The molecule has 1 atom stereocenters. The van der Waals surface area contributed by atoms with Gasteiger partial charge in [-0.25, -0.2) is 9.37 Å². The summed E-state index contributed by atoms with van der Waals surface area (Å²) >= 11 is 0. The van der Waals surface area contributed by atoms with Crippen LogP contribution in [0, 0.1) is 5.82 Å². The number of hydrogen-bond donors (Lipinski definition) is 2. The third-order valence-electron chi connectivity index (χ3n) is 7.33. The highest BCUT2D eigenvalue weighted by Gasteiger charge is 2.27. The van der Waals surface area contributed by atoms with Crippen LogP contribution in [-0.4, -0.2) is 44.9 Å². The molecule has 1 aliphatic carbocycles. The lowest BCUT2D eigenvalue weighted by atomic mass is 9.87. The molecule has 174 valence electrons. The van der Waals surface area contributed by atoms with E-state index in [9.17, 15) is 9.18 Å². The molecule has 4 aromatic rings. The number of carbonyl (C=O) groups is 1. The SMILES string of the molecule is C[C@H](c1nc2ccc(C(=O)NC3CC3)cc2[nH]1)N1CCC(c2ccnc3ccc(F)cc23)CC1. The van der Waals surface area contributed by atoms with Crippen LogP contribution in [0.3, 0.4) is 0 Å². The van der Waals surface area contributed by atoms with E-state index in [1.807, 2.05) is 30.5 Å². The molecule has 3 heterocycles. The van der Waals surface area contributed by atoms with Gasteiger partial charge < -0.3 is 10.3 Å². The smallest absolute Gasteiger partial charge is 0.251 e. The molecule has 1 saturated heterocycles. The van der Waals surface area contributed by atoms with Gasteiger partial charge in [0.05, 0.1) is 22.6 Å². The lowest BCUT2D eigenvalue weighted by Gasteiger charge is -2.35. The summed E-state index contributed by atoms with van der Waals surface area (Å²) in [4.78, 5) is 27.5. The summed E-state index contributed by atoms with van der Waals surface area (Å²) in [6.45, 7) is 4.06. The predicted octanol–water partition coefficient (Wildman–Crippen LogP) is 5.08. The molecule has 34 heavy (non-hydrogen) atoms. The molecule has 2 N–H and O–H groups in total. The maximum atomic E-state index is 13.9. The average molecular weight is 458 g/mol. The van der Waals surface area contributed by atoms with Gasteiger partial charge in [0.25, 0.3) is 5.91 Å². The van der Waals surface area contributed by atoms with Gasteiger partial charge in [-0.15, -0.1) is 0 Å². The number of hydrogen-bond acceptors (Lipinski definition) is 4. The number of imidazole rings is 1. The molecule has 1 amide bonds. The first-order chi connectivity index (χ1) is 16.5. The molecule has 2 fully saturated rings. The fourth-order valence-corrected chi connectivity index (χ4v) is 5.13. The van der Waals surface area contributed by atoms with E-state index in [-0.39, 0.29) is 17.8 Å². The molecule has 6 nitrogen and oxygen atoms in total. The highest BCUT2D eigenvalue weighted by molar-refractivity contribution is 5.97. The fourth-order valence-electron chi connectivity index (χ4n) is 5.13. The van der Waals surface area contributed by atoms with Gasteiger partial charge in [-0.1, -0.05) is 0 Å². The van der Waals surface area contributed by atoms with Crippen LogP contribution in [0.25, 0.3) is 21.9 Å². The molecule has 0 spiro atoms. The first-order valence-corrected chi connectivity index (χ1v) is 12.1. The molecule has 2 aromatic heterocycles. The molecular weight excluding hydrogens is 429 g/mol. The quantitative estimate of drug-likeness (QED) is 0.438. The van der Waals surface area contributed by atoms with Gasteiger partial charge in [-0.3, -0.25) is 14.7 Å². The number of likely N-dealkylation sites (tertiary alicyclic amines) is 1. The number of nitrogens with zero attached hydrogens (tertiary/aromatic N) is 3. The van der Waals surface area contributed by atoms with Crippen molar-refractivity contribution in [2.75, 3.05) is 13.1 Å². The van der Waals surface area contributed by atoms with Crippen LogP contribution in [0.2, 0.25) is 0 Å². The van der Waals surface area contributed by atoms with Gasteiger partial charge in [0.2, 0.25) is 0 Å². The van der Waals surface area contributed by atoms with Gasteiger partial charge in [-0.05, 0) is 99.6 Å². The number of pyridine rings is 1. The Kier molecular flexibility index (Phi) is 5.29. The lowest BCUT2D eigenvalue weighted by molar-refractivity contribution is 0.0951. The number of piperidine rings is 1. The molecule has 1 aliphatic heterocycles. The average Bonchev–Trinajstić information content (AvgIpc) is 3.57. The summed E-state index contributed by atoms with van der Waals surface area (Å²) in [5.74, 6) is 1.08. The summed E-state index contributed by atoms with van der Waals surface area (Å²) in [7, 11) is 0. The minimum absolute atomic E-state index is 0.0146. The number of H-pyrrole nitrogens is 1. The van der Waals surface area contributed by atoms with Crippen molar-refractivity contribution in [2.24, 2.45) is 0 Å². The van der Waals surface area contributed by atoms with Crippen molar-refractivity contribution < 1.29 is 9.18 Å².